The number of amides is 1. The molecule has 1 atom stereocenters. The number of carbonyl (C=O) groups excluding carboxylic acids is 3. The summed E-state index contributed by atoms with van der Waals surface area (Å²) in [7, 11) is 1.73. The van der Waals surface area contributed by atoms with Gasteiger partial charge >= 0.3 is 5.69 Å². The van der Waals surface area contributed by atoms with Crippen molar-refractivity contribution in [1.29, 1.82) is 0 Å². The molecule has 2 fully saturated rings. The molecule has 0 aliphatic heterocycles. The van der Waals surface area contributed by atoms with Gasteiger partial charge in [0.2, 0.25) is 5.89 Å². The Morgan fingerprint density at radius 1 is 0.940 bits per heavy atom. The lowest BCUT2D eigenvalue weighted by Crippen LogP contribution is -2.34. The van der Waals surface area contributed by atoms with Gasteiger partial charge < -0.3 is 19.2 Å². The number of ether oxygens (including phenoxy) is 2. The Labute approximate surface area is 388 Å². The monoisotopic (exact) mass is 919 g/mol. The standard InChI is InChI=1S/C51H59F2N7O7/c1-51(2,32-66-26-8-11-35-10-7-12-43-46(35)58(3)50(64)60(43)42-22-21-39(61)28-44(42)62)31-65-25-6-4-5-9-33-16-19-38(20-17-33)59-29-40(45(57-59)47(52)53)55-48(63)41-30-67-49(56-41)36-23-24-54-37(27-36)18-15-34-13-14-34/h7,10,12,16-17,19-20,23-24,27,29-30,34,42,47H,4-6,8-9,11,13-15,18,21-22,25-26,28,31-32H2,1-3H3,(H,55,63). The van der Waals surface area contributed by atoms with Gasteiger partial charge in [-0.05, 0) is 98.7 Å². The number of anilines is 1. The number of nitrogens with one attached hydrogen (secondary N) is 1. The number of aromatic nitrogens is 6. The van der Waals surface area contributed by atoms with Gasteiger partial charge in [0.1, 0.15) is 12.0 Å². The molecule has 1 N–H and O–H groups in total. The van der Waals surface area contributed by atoms with Crippen molar-refractivity contribution >= 4 is 34.2 Å². The maximum atomic E-state index is 14.1. The molecule has 2 aliphatic carbocycles. The average Bonchev–Trinajstić information content (AvgIpc) is 3.71. The summed E-state index contributed by atoms with van der Waals surface area (Å²) in [6.07, 6.45) is 11.6. The Morgan fingerprint density at radius 3 is 2.46 bits per heavy atom. The van der Waals surface area contributed by atoms with E-state index in [1.807, 2.05) is 48.5 Å². The van der Waals surface area contributed by atoms with Gasteiger partial charge in [-0.3, -0.25) is 28.5 Å². The second-order valence-corrected chi connectivity index (χ2v) is 18.8. The number of unbranched alkanes of at least 4 members (excludes halogenated alkanes) is 2. The Bertz CT molecular complexity index is 2750. The summed E-state index contributed by atoms with van der Waals surface area (Å²) in [6, 6.07) is 16.4. The molecule has 1 amide bonds. The van der Waals surface area contributed by atoms with Crippen molar-refractivity contribution in [2.45, 2.75) is 110 Å². The van der Waals surface area contributed by atoms with Gasteiger partial charge in [-0.15, -0.1) is 0 Å². The Kier molecular flexibility index (Phi) is 15.0. The first-order chi connectivity index (χ1) is 32.3. The number of halogens is 2. The molecule has 67 heavy (non-hydrogen) atoms. The highest BCUT2D eigenvalue weighted by molar-refractivity contribution is 6.04. The van der Waals surface area contributed by atoms with E-state index in [0.717, 1.165) is 78.7 Å². The number of oxazole rings is 1. The van der Waals surface area contributed by atoms with E-state index < -0.39 is 24.1 Å². The SMILES string of the molecule is Cn1c(=O)n(C2CCC(=O)CC2=O)c2cccc(CCCOCC(C)(C)COCCCCCc3ccc(-n4cc(NC(=O)c5coc(-c6ccnc(CCC7CC7)c6)n5)c(C(F)F)n4)cc3)c21. The Morgan fingerprint density at radius 2 is 1.72 bits per heavy atom. The highest BCUT2D eigenvalue weighted by Gasteiger charge is 2.32. The second-order valence-electron chi connectivity index (χ2n) is 18.8. The quantitative estimate of drug-likeness (QED) is 0.0484. The lowest BCUT2D eigenvalue weighted by Gasteiger charge is -2.24. The highest BCUT2D eigenvalue weighted by Crippen LogP contribution is 2.34. The van der Waals surface area contributed by atoms with Crippen LogP contribution < -0.4 is 11.0 Å². The van der Waals surface area contributed by atoms with Gasteiger partial charge in [0.05, 0.1) is 54.3 Å². The largest absolute Gasteiger partial charge is 0.444 e. The van der Waals surface area contributed by atoms with Crippen molar-refractivity contribution in [3.63, 3.8) is 0 Å². The Balaban J connectivity index is 0.730. The van der Waals surface area contributed by atoms with E-state index in [9.17, 15) is 28.0 Å². The zero-order valence-electron chi connectivity index (χ0n) is 38.5. The third-order valence-corrected chi connectivity index (χ3v) is 12.6. The van der Waals surface area contributed by atoms with Crippen LogP contribution in [0.1, 0.15) is 124 Å². The average molecular weight is 920 g/mol. The summed E-state index contributed by atoms with van der Waals surface area (Å²) < 4.78 is 50.4. The third kappa shape index (κ3) is 11.9. The first-order valence-electron chi connectivity index (χ1n) is 23.4. The van der Waals surface area contributed by atoms with Crippen LogP contribution >= 0.6 is 0 Å². The molecule has 1 unspecified atom stereocenters. The number of para-hydroxylation sites is 1. The summed E-state index contributed by atoms with van der Waals surface area (Å²) in [5.74, 6) is 0.0695. The van der Waals surface area contributed by atoms with Crippen LogP contribution in [0, 0.1) is 11.3 Å². The van der Waals surface area contributed by atoms with Crippen LogP contribution in [0.15, 0.2) is 82.5 Å². The van der Waals surface area contributed by atoms with Crippen LogP contribution in [0.2, 0.25) is 0 Å². The number of hydrogen-bond donors (Lipinski definition) is 1. The van der Waals surface area contributed by atoms with Crippen molar-refractivity contribution in [3.8, 4) is 17.1 Å². The highest BCUT2D eigenvalue weighted by atomic mass is 19.3. The molecule has 0 radical (unpaired) electrons. The predicted octanol–water partition coefficient (Wildman–Crippen LogP) is 9.38. The molecule has 0 saturated heterocycles. The smallest absolute Gasteiger partial charge is 0.329 e. The van der Waals surface area contributed by atoms with Gasteiger partial charge in [-0.25, -0.2) is 23.2 Å². The number of ketones is 2. The first kappa shape index (κ1) is 47.4. The summed E-state index contributed by atoms with van der Waals surface area (Å²) in [5, 5.41) is 6.64. The van der Waals surface area contributed by atoms with E-state index in [2.05, 4.69) is 34.2 Å². The van der Waals surface area contributed by atoms with Crippen LogP contribution in [-0.4, -0.2) is 72.8 Å². The number of nitrogens with zero attached hydrogens (tertiary/aromatic N) is 6. The Hall–Kier alpha value is -6.13. The number of alkyl halides is 2. The number of carbonyl (C=O) groups is 3. The van der Waals surface area contributed by atoms with Crippen LogP contribution in [0.3, 0.4) is 0 Å². The molecule has 6 aromatic rings. The van der Waals surface area contributed by atoms with Crippen molar-refractivity contribution in [2.75, 3.05) is 31.7 Å². The maximum Gasteiger partial charge on any atom is 0.329 e. The van der Waals surface area contributed by atoms with E-state index in [4.69, 9.17) is 13.9 Å². The van der Waals surface area contributed by atoms with E-state index in [-0.39, 0.29) is 46.4 Å². The molecule has 354 valence electrons. The number of benzene rings is 2. The minimum absolute atomic E-state index is 0.0410. The third-order valence-electron chi connectivity index (χ3n) is 12.6. The number of aryl methyl sites for hydroxylation is 4. The number of pyridine rings is 1. The minimum atomic E-state index is -2.92. The molecule has 2 aromatic carbocycles. The van der Waals surface area contributed by atoms with Crippen LogP contribution in [0.4, 0.5) is 14.5 Å². The molecule has 4 aromatic heterocycles. The van der Waals surface area contributed by atoms with Crippen molar-refractivity contribution in [1.82, 2.24) is 28.9 Å². The molecule has 0 bridgehead atoms. The van der Waals surface area contributed by atoms with E-state index in [0.29, 0.717) is 56.9 Å². The van der Waals surface area contributed by atoms with Gasteiger partial charge in [-0.1, -0.05) is 57.4 Å². The van der Waals surface area contributed by atoms with Crippen molar-refractivity contribution in [3.05, 3.63) is 112 Å². The fourth-order valence-electron chi connectivity index (χ4n) is 8.76. The second kappa shape index (κ2) is 21.2. The molecular weight excluding hydrogens is 861 g/mol. The van der Waals surface area contributed by atoms with Gasteiger partial charge in [0.15, 0.2) is 17.2 Å². The molecule has 2 saturated carbocycles. The number of fused-ring (bicyclic) bond motifs is 1. The van der Waals surface area contributed by atoms with Crippen LogP contribution in [-0.2, 0) is 45.4 Å². The maximum absolute atomic E-state index is 14.1. The van der Waals surface area contributed by atoms with E-state index >= 15 is 0 Å². The van der Waals surface area contributed by atoms with E-state index in [1.54, 1.807) is 28.4 Å². The zero-order chi connectivity index (χ0) is 47.1. The molecule has 0 spiro atoms. The van der Waals surface area contributed by atoms with Gasteiger partial charge in [-0.2, -0.15) is 5.10 Å². The number of imidazole rings is 1. The van der Waals surface area contributed by atoms with Crippen molar-refractivity contribution in [2.24, 2.45) is 18.4 Å². The first-order valence-corrected chi connectivity index (χ1v) is 23.4. The summed E-state index contributed by atoms with van der Waals surface area (Å²) in [4.78, 5) is 59.7. The minimum Gasteiger partial charge on any atom is -0.444 e. The van der Waals surface area contributed by atoms with Gasteiger partial charge in [0, 0.05) is 49.6 Å². The molecule has 16 heteroatoms. The number of Topliss-reactive ketones (excluding diaryl/α,β-unsaturated/α-hetero) is 2. The van der Waals surface area contributed by atoms with E-state index in [1.165, 1.54) is 30.0 Å². The molecule has 4 heterocycles. The topological polar surface area (TPSA) is 165 Å². The number of hydrogen-bond acceptors (Lipinski definition) is 10. The summed E-state index contributed by atoms with van der Waals surface area (Å²) in [5.41, 5.74) is 4.75. The van der Waals surface area contributed by atoms with Crippen LogP contribution in [0.25, 0.3) is 28.2 Å². The lowest BCUT2D eigenvalue weighted by molar-refractivity contribution is -0.132. The van der Waals surface area contributed by atoms with Crippen molar-refractivity contribution < 1.29 is 37.1 Å². The summed E-state index contributed by atoms with van der Waals surface area (Å²) in [6.45, 7) is 6.54. The predicted molar refractivity (Wildman–Crippen MR) is 249 cm³/mol. The molecule has 8 rings (SSSR count). The molecule has 14 nitrogen and oxygen atoms in total. The summed E-state index contributed by atoms with van der Waals surface area (Å²) >= 11 is 0. The number of rotatable bonds is 23. The van der Waals surface area contributed by atoms with Gasteiger partial charge in [0.25, 0.3) is 12.3 Å². The fourth-order valence-corrected chi connectivity index (χ4v) is 8.76. The zero-order valence-corrected chi connectivity index (χ0v) is 38.5. The molecular formula is C51H59F2N7O7. The fraction of sp³-hybridized carbons (Fsp3) is 0.471. The molecule has 2 aliphatic rings. The lowest BCUT2D eigenvalue weighted by atomic mass is 9.92. The normalized spacial score (nSPS) is 15.6. The van der Waals surface area contributed by atoms with Crippen LogP contribution in [0.5, 0.6) is 0 Å².